The molecule has 158 valence electrons. The van der Waals surface area contributed by atoms with Gasteiger partial charge >= 0.3 is 0 Å². The van der Waals surface area contributed by atoms with Gasteiger partial charge in [-0.1, -0.05) is 17.8 Å². The number of fused-ring (bicyclic) bond motifs is 1. The van der Waals surface area contributed by atoms with Crippen LogP contribution in [-0.2, 0) is 9.84 Å². The molecule has 1 amide bonds. The van der Waals surface area contributed by atoms with Crippen LogP contribution < -0.4 is 15.4 Å². The van der Waals surface area contributed by atoms with Crippen molar-refractivity contribution in [3.63, 3.8) is 0 Å². The van der Waals surface area contributed by atoms with Gasteiger partial charge in [0.1, 0.15) is 5.75 Å². The maximum atomic E-state index is 12.7. The maximum Gasteiger partial charge on any atom is 0.255 e. The highest BCUT2D eigenvalue weighted by atomic mass is 32.2. The first-order valence-electron chi connectivity index (χ1n) is 9.70. The molecule has 2 aromatic carbocycles. The summed E-state index contributed by atoms with van der Waals surface area (Å²) in [5, 5.41) is 6.83. The van der Waals surface area contributed by atoms with E-state index >= 15 is 0 Å². The van der Waals surface area contributed by atoms with Crippen molar-refractivity contribution in [2.45, 2.75) is 25.1 Å². The number of amidine groups is 1. The summed E-state index contributed by atoms with van der Waals surface area (Å²) in [5.74, 6) is 0.816. The van der Waals surface area contributed by atoms with E-state index < -0.39 is 9.84 Å². The lowest BCUT2D eigenvalue weighted by molar-refractivity contribution is 0.102. The zero-order valence-electron chi connectivity index (χ0n) is 16.7. The lowest BCUT2D eigenvalue weighted by Gasteiger charge is -2.12. The first-order valence-corrected chi connectivity index (χ1v) is 12.4. The molecule has 30 heavy (non-hydrogen) atoms. The summed E-state index contributed by atoms with van der Waals surface area (Å²) in [4.78, 5) is 17.2. The molecule has 7 nitrogen and oxygen atoms in total. The Morgan fingerprint density at radius 3 is 2.67 bits per heavy atom. The molecule has 0 aliphatic carbocycles. The van der Waals surface area contributed by atoms with Gasteiger partial charge in [-0.05, 0) is 55.8 Å². The van der Waals surface area contributed by atoms with Gasteiger partial charge in [-0.25, -0.2) is 8.42 Å². The fourth-order valence-corrected chi connectivity index (χ4v) is 7.10. The molecule has 0 radical (unpaired) electrons. The van der Waals surface area contributed by atoms with Gasteiger partial charge in [0.2, 0.25) is 0 Å². The average molecular weight is 446 g/mol. The largest absolute Gasteiger partial charge is 0.494 e. The second-order valence-corrected chi connectivity index (χ2v) is 10.7. The lowest BCUT2D eigenvalue weighted by atomic mass is 10.1. The monoisotopic (exact) mass is 445 g/mol. The number of ether oxygens (including phenoxy) is 1. The number of aliphatic imine (C=N–C) groups is 1. The van der Waals surface area contributed by atoms with Crippen molar-refractivity contribution in [1.82, 2.24) is 0 Å². The minimum atomic E-state index is -2.98. The van der Waals surface area contributed by atoms with Crippen LogP contribution in [0.5, 0.6) is 5.75 Å². The van der Waals surface area contributed by atoms with Crippen LogP contribution in [0.3, 0.4) is 0 Å². The van der Waals surface area contributed by atoms with Crippen molar-refractivity contribution in [2.24, 2.45) is 4.99 Å². The standard InChI is InChI=1S/C21H23N3O4S2/c1-3-28-16-8-6-15(7-9-16)22-20(25)14-5-4-13(2)17(10-14)23-21-24-18-11-30(26,27)12-19(18)29-21/h4-10,18-19H,3,11-12H2,1-2H3,(H,22,25)(H,23,24)/t18-,19-/m0/s1. The number of benzene rings is 2. The van der Waals surface area contributed by atoms with E-state index in [0.29, 0.717) is 23.0 Å². The van der Waals surface area contributed by atoms with Crippen molar-refractivity contribution in [2.75, 3.05) is 28.7 Å². The van der Waals surface area contributed by atoms with Gasteiger partial charge in [0.25, 0.3) is 5.91 Å². The minimum absolute atomic E-state index is 0.0241. The number of carbonyl (C=O) groups excluding carboxylic acids is 1. The Morgan fingerprint density at radius 1 is 1.20 bits per heavy atom. The number of hydrogen-bond donors (Lipinski definition) is 2. The Hall–Kier alpha value is -2.52. The predicted molar refractivity (Wildman–Crippen MR) is 122 cm³/mol. The number of carbonyl (C=O) groups is 1. The highest BCUT2D eigenvalue weighted by Crippen LogP contribution is 2.35. The van der Waals surface area contributed by atoms with Crippen molar-refractivity contribution in [3.05, 3.63) is 53.6 Å². The molecule has 1 saturated heterocycles. The van der Waals surface area contributed by atoms with E-state index in [1.54, 1.807) is 24.3 Å². The van der Waals surface area contributed by atoms with Crippen LogP contribution >= 0.6 is 11.8 Å². The summed E-state index contributed by atoms with van der Waals surface area (Å²) >= 11 is 1.46. The molecule has 2 N–H and O–H groups in total. The van der Waals surface area contributed by atoms with Crippen molar-refractivity contribution < 1.29 is 17.9 Å². The van der Waals surface area contributed by atoms with Crippen LogP contribution in [0, 0.1) is 6.92 Å². The summed E-state index contributed by atoms with van der Waals surface area (Å²) in [6, 6.07) is 12.5. The molecule has 9 heteroatoms. The number of nitrogens with zero attached hydrogens (tertiary/aromatic N) is 1. The molecule has 0 aromatic heterocycles. The number of anilines is 2. The van der Waals surface area contributed by atoms with Crippen molar-refractivity contribution in [1.29, 1.82) is 0 Å². The van der Waals surface area contributed by atoms with Crippen LogP contribution in [0.4, 0.5) is 11.4 Å². The van der Waals surface area contributed by atoms with Crippen LogP contribution in [0.15, 0.2) is 47.5 Å². The topological polar surface area (TPSA) is 96.9 Å². The van der Waals surface area contributed by atoms with E-state index in [1.807, 2.05) is 32.0 Å². The first-order chi connectivity index (χ1) is 14.3. The average Bonchev–Trinajstić information content (AvgIpc) is 3.17. The molecule has 1 fully saturated rings. The van der Waals surface area contributed by atoms with E-state index in [0.717, 1.165) is 17.0 Å². The predicted octanol–water partition coefficient (Wildman–Crippen LogP) is 3.33. The summed E-state index contributed by atoms with van der Waals surface area (Å²) in [5.41, 5.74) is 2.95. The minimum Gasteiger partial charge on any atom is -0.494 e. The highest BCUT2D eigenvalue weighted by molar-refractivity contribution is 8.15. The molecule has 0 bridgehead atoms. The summed E-state index contributed by atoms with van der Waals surface area (Å²) in [6.07, 6.45) is 0. The fraction of sp³-hybridized carbons (Fsp3) is 0.333. The molecular weight excluding hydrogens is 422 g/mol. The van der Waals surface area contributed by atoms with Gasteiger partial charge in [0.15, 0.2) is 15.0 Å². The zero-order valence-corrected chi connectivity index (χ0v) is 18.3. The first kappa shape index (κ1) is 20.7. The second kappa shape index (κ2) is 8.31. The van der Waals surface area contributed by atoms with Crippen molar-refractivity contribution in [3.8, 4) is 5.75 Å². The molecular formula is C21H23N3O4S2. The van der Waals surface area contributed by atoms with E-state index in [9.17, 15) is 13.2 Å². The summed E-state index contributed by atoms with van der Waals surface area (Å²) in [7, 11) is -2.98. The zero-order chi connectivity index (χ0) is 21.3. The van der Waals surface area contributed by atoms with Gasteiger partial charge in [-0.3, -0.25) is 9.79 Å². The van der Waals surface area contributed by atoms with Gasteiger partial charge in [0, 0.05) is 22.2 Å². The van der Waals surface area contributed by atoms with Crippen LogP contribution in [-0.4, -0.2) is 48.9 Å². The molecule has 4 rings (SSSR count). The molecule has 2 heterocycles. The maximum absolute atomic E-state index is 12.7. The molecule has 2 aliphatic heterocycles. The summed E-state index contributed by atoms with van der Waals surface area (Å²) in [6.45, 7) is 4.45. The number of hydrogen-bond acceptors (Lipinski definition) is 7. The normalized spacial score (nSPS) is 21.6. The molecule has 0 spiro atoms. The second-order valence-electron chi connectivity index (χ2n) is 7.30. The van der Waals surface area contributed by atoms with E-state index in [1.165, 1.54) is 11.8 Å². The smallest absolute Gasteiger partial charge is 0.255 e. The number of nitrogens with one attached hydrogen (secondary N) is 2. The van der Waals surface area contributed by atoms with Gasteiger partial charge in [0.05, 0.1) is 24.2 Å². The molecule has 0 saturated carbocycles. The number of rotatable bonds is 5. The Kier molecular flexibility index (Phi) is 5.75. The molecule has 2 atom stereocenters. The summed E-state index contributed by atoms with van der Waals surface area (Å²) < 4.78 is 28.9. The van der Waals surface area contributed by atoms with Crippen LogP contribution in [0.25, 0.3) is 0 Å². The number of amides is 1. The van der Waals surface area contributed by atoms with Crippen LogP contribution in [0.2, 0.25) is 0 Å². The Labute approximate surface area is 180 Å². The van der Waals surface area contributed by atoms with Crippen molar-refractivity contribution >= 4 is 44.0 Å². The number of thioether (sulfide) groups is 1. The molecule has 2 aliphatic rings. The van der Waals surface area contributed by atoms with E-state index in [-0.39, 0.29) is 28.7 Å². The Bertz CT molecular complexity index is 1100. The quantitative estimate of drug-likeness (QED) is 0.733. The molecule has 0 unspecified atom stereocenters. The third kappa shape index (κ3) is 4.62. The third-order valence-electron chi connectivity index (χ3n) is 4.98. The van der Waals surface area contributed by atoms with Crippen LogP contribution in [0.1, 0.15) is 22.8 Å². The fourth-order valence-electron chi connectivity index (χ4n) is 3.43. The Balaban J connectivity index is 1.45. The van der Waals surface area contributed by atoms with Gasteiger partial charge in [-0.2, -0.15) is 0 Å². The Morgan fingerprint density at radius 2 is 1.97 bits per heavy atom. The van der Waals surface area contributed by atoms with Gasteiger partial charge in [-0.15, -0.1) is 0 Å². The lowest BCUT2D eigenvalue weighted by Crippen LogP contribution is -2.14. The molecule has 2 aromatic rings. The number of aryl methyl sites for hydroxylation is 1. The third-order valence-corrected chi connectivity index (χ3v) is 8.12. The highest BCUT2D eigenvalue weighted by Gasteiger charge is 2.42. The van der Waals surface area contributed by atoms with Gasteiger partial charge < -0.3 is 15.4 Å². The SMILES string of the molecule is CCOc1ccc(NC(=O)c2ccc(C)c(NC3=N[C@H]4CS(=O)(=O)C[C@@H]4S3)c2)cc1. The van der Waals surface area contributed by atoms with E-state index in [4.69, 9.17) is 4.74 Å². The van der Waals surface area contributed by atoms with E-state index in [2.05, 4.69) is 15.6 Å². The number of sulfone groups is 1.